The predicted molar refractivity (Wildman–Crippen MR) is 73.4 cm³/mol. The van der Waals surface area contributed by atoms with E-state index in [2.05, 4.69) is 0 Å². The Balaban J connectivity index is 2.15. The predicted octanol–water partition coefficient (Wildman–Crippen LogP) is 4.20. The molecular weight excluding hydrogens is 264 g/mol. The van der Waals surface area contributed by atoms with Crippen LogP contribution in [0, 0.1) is 0 Å². The lowest BCUT2D eigenvalue weighted by molar-refractivity contribution is -0.142. The summed E-state index contributed by atoms with van der Waals surface area (Å²) in [6.07, 6.45) is 0. The second-order valence-electron chi connectivity index (χ2n) is 3.94. The number of carbonyl (C=O) groups is 1. The first-order valence-corrected chi connectivity index (χ1v) is 6.17. The van der Waals surface area contributed by atoms with Gasteiger partial charge >= 0.3 is 5.97 Å². The number of rotatable bonds is 4. The van der Waals surface area contributed by atoms with E-state index in [9.17, 15) is 4.79 Å². The fourth-order valence-electron chi connectivity index (χ4n) is 1.53. The van der Waals surface area contributed by atoms with E-state index < -0.39 is 0 Å². The summed E-state index contributed by atoms with van der Waals surface area (Å²) in [5, 5.41) is 0.653. The molecule has 0 bridgehead atoms. The first-order valence-electron chi connectivity index (χ1n) is 5.80. The van der Waals surface area contributed by atoms with Crippen LogP contribution in [0.25, 0.3) is 0 Å². The Hall–Kier alpha value is -2.00. The zero-order valence-electron chi connectivity index (χ0n) is 10.4. The van der Waals surface area contributed by atoms with Crippen molar-refractivity contribution < 1.29 is 14.3 Å². The topological polar surface area (TPSA) is 35.5 Å². The lowest BCUT2D eigenvalue weighted by Gasteiger charge is -2.11. The number of hydrogen-bond donors (Lipinski definition) is 0. The summed E-state index contributed by atoms with van der Waals surface area (Å²) >= 11 is 5.82. The molecule has 4 heteroatoms. The summed E-state index contributed by atoms with van der Waals surface area (Å²) in [6.45, 7) is 1.57. The molecule has 0 atom stereocenters. The van der Waals surface area contributed by atoms with Crippen LogP contribution < -0.4 is 4.74 Å². The standard InChI is InChI=1S/C15H13ClO3/c1-11(17)18-10-12-4-2-3-5-15(12)19-14-8-6-13(16)7-9-14/h2-9H,10H2,1H3. The summed E-state index contributed by atoms with van der Waals surface area (Å²) in [7, 11) is 0. The number of benzene rings is 2. The molecule has 0 aliphatic heterocycles. The van der Waals surface area contributed by atoms with Gasteiger partial charge < -0.3 is 9.47 Å². The van der Waals surface area contributed by atoms with Gasteiger partial charge in [-0.15, -0.1) is 0 Å². The fraction of sp³-hybridized carbons (Fsp3) is 0.133. The molecule has 2 aromatic rings. The van der Waals surface area contributed by atoms with Gasteiger partial charge in [-0.3, -0.25) is 4.79 Å². The van der Waals surface area contributed by atoms with E-state index in [0.29, 0.717) is 16.5 Å². The monoisotopic (exact) mass is 276 g/mol. The van der Waals surface area contributed by atoms with Gasteiger partial charge in [-0.25, -0.2) is 0 Å². The van der Waals surface area contributed by atoms with Gasteiger partial charge in [0.2, 0.25) is 0 Å². The van der Waals surface area contributed by atoms with Crippen molar-refractivity contribution in [2.75, 3.05) is 0 Å². The Labute approximate surface area is 116 Å². The van der Waals surface area contributed by atoms with E-state index in [1.54, 1.807) is 24.3 Å². The summed E-state index contributed by atoms with van der Waals surface area (Å²) in [4.78, 5) is 10.8. The number of para-hydroxylation sites is 1. The van der Waals surface area contributed by atoms with Crippen LogP contribution in [0.15, 0.2) is 48.5 Å². The highest BCUT2D eigenvalue weighted by Gasteiger charge is 2.06. The minimum Gasteiger partial charge on any atom is -0.461 e. The van der Waals surface area contributed by atoms with Gasteiger partial charge in [0.1, 0.15) is 18.1 Å². The van der Waals surface area contributed by atoms with Crippen LogP contribution in [0.1, 0.15) is 12.5 Å². The van der Waals surface area contributed by atoms with E-state index >= 15 is 0 Å². The van der Waals surface area contributed by atoms with Gasteiger partial charge in [0.15, 0.2) is 0 Å². The van der Waals surface area contributed by atoms with Crippen molar-refractivity contribution in [3.63, 3.8) is 0 Å². The highest BCUT2D eigenvalue weighted by Crippen LogP contribution is 2.26. The average Bonchev–Trinajstić information content (AvgIpc) is 2.40. The molecule has 0 unspecified atom stereocenters. The Morgan fingerprint density at radius 2 is 1.79 bits per heavy atom. The number of esters is 1. The lowest BCUT2D eigenvalue weighted by Crippen LogP contribution is -2.00. The van der Waals surface area contributed by atoms with Crippen LogP contribution in [0.2, 0.25) is 5.02 Å². The first kappa shape index (κ1) is 13.4. The van der Waals surface area contributed by atoms with E-state index in [1.807, 2.05) is 24.3 Å². The molecule has 0 spiro atoms. The van der Waals surface area contributed by atoms with Crippen molar-refractivity contribution >= 4 is 17.6 Å². The maximum atomic E-state index is 10.8. The van der Waals surface area contributed by atoms with Crippen LogP contribution in [0.5, 0.6) is 11.5 Å². The number of hydrogen-bond acceptors (Lipinski definition) is 3. The molecular formula is C15H13ClO3. The molecule has 0 saturated heterocycles. The third-order valence-electron chi connectivity index (χ3n) is 2.44. The Morgan fingerprint density at radius 3 is 2.47 bits per heavy atom. The van der Waals surface area contributed by atoms with Gasteiger partial charge in [0, 0.05) is 17.5 Å². The zero-order chi connectivity index (χ0) is 13.7. The number of carbonyl (C=O) groups excluding carboxylic acids is 1. The first-order chi connectivity index (χ1) is 9.15. The fourth-order valence-corrected chi connectivity index (χ4v) is 1.66. The van der Waals surface area contributed by atoms with Crippen LogP contribution >= 0.6 is 11.6 Å². The average molecular weight is 277 g/mol. The molecule has 19 heavy (non-hydrogen) atoms. The zero-order valence-corrected chi connectivity index (χ0v) is 11.2. The second kappa shape index (κ2) is 6.25. The second-order valence-corrected chi connectivity index (χ2v) is 4.38. The van der Waals surface area contributed by atoms with E-state index in [4.69, 9.17) is 21.1 Å². The summed E-state index contributed by atoms with van der Waals surface area (Å²) in [5.41, 5.74) is 0.813. The van der Waals surface area contributed by atoms with Crippen LogP contribution in [-0.2, 0) is 16.1 Å². The number of ether oxygens (including phenoxy) is 2. The summed E-state index contributed by atoms with van der Waals surface area (Å²) in [5.74, 6) is 1.02. The van der Waals surface area contributed by atoms with E-state index in [0.717, 1.165) is 5.56 Å². The van der Waals surface area contributed by atoms with Crippen LogP contribution in [-0.4, -0.2) is 5.97 Å². The maximum absolute atomic E-state index is 10.8. The molecule has 0 aliphatic rings. The Kier molecular flexibility index (Phi) is 4.42. The Morgan fingerprint density at radius 1 is 1.11 bits per heavy atom. The van der Waals surface area contributed by atoms with Crippen molar-refractivity contribution in [1.29, 1.82) is 0 Å². The van der Waals surface area contributed by atoms with Gasteiger partial charge in [0.05, 0.1) is 0 Å². The molecule has 3 nitrogen and oxygen atoms in total. The smallest absolute Gasteiger partial charge is 0.302 e. The van der Waals surface area contributed by atoms with Gasteiger partial charge in [-0.05, 0) is 30.3 Å². The normalized spacial score (nSPS) is 10.0. The van der Waals surface area contributed by atoms with Crippen molar-refractivity contribution in [3.05, 3.63) is 59.1 Å². The molecule has 0 amide bonds. The Bertz CT molecular complexity index is 564. The summed E-state index contributed by atoms with van der Waals surface area (Å²) < 4.78 is 10.7. The van der Waals surface area contributed by atoms with E-state index in [1.165, 1.54) is 6.92 Å². The molecule has 2 aromatic carbocycles. The number of halogens is 1. The molecule has 0 saturated carbocycles. The van der Waals surface area contributed by atoms with Crippen molar-refractivity contribution in [2.24, 2.45) is 0 Å². The van der Waals surface area contributed by atoms with Crippen molar-refractivity contribution in [3.8, 4) is 11.5 Å². The van der Waals surface area contributed by atoms with E-state index in [-0.39, 0.29) is 12.6 Å². The minimum atomic E-state index is -0.318. The van der Waals surface area contributed by atoms with Crippen LogP contribution in [0.4, 0.5) is 0 Å². The van der Waals surface area contributed by atoms with Crippen molar-refractivity contribution in [1.82, 2.24) is 0 Å². The summed E-state index contributed by atoms with van der Waals surface area (Å²) in [6, 6.07) is 14.5. The highest BCUT2D eigenvalue weighted by atomic mass is 35.5. The third kappa shape index (κ3) is 4.00. The molecule has 0 radical (unpaired) electrons. The van der Waals surface area contributed by atoms with Gasteiger partial charge in [0.25, 0.3) is 0 Å². The van der Waals surface area contributed by atoms with Crippen LogP contribution in [0.3, 0.4) is 0 Å². The SMILES string of the molecule is CC(=O)OCc1ccccc1Oc1ccc(Cl)cc1. The lowest BCUT2D eigenvalue weighted by atomic mass is 10.2. The molecule has 98 valence electrons. The third-order valence-corrected chi connectivity index (χ3v) is 2.70. The molecule has 0 aromatic heterocycles. The molecule has 0 heterocycles. The highest BCUT2D eigenvalue weighted by molar-refractivity contribution is 6.30. The van der Waals surface area contributed by atoms with Crippen molar-refractivity contribution in [2.45, 2.75) is 13.5 Å². The van der Waals surface area contributed by atoms with Gasteiger partial charge in [-0.2, -0.15) is 0 Å². The molecule has 0 N–H and O–H groups in total. The van der Waals surface area contributed by atoms with Gasteiger partial charge in [-0.1, -0.05) is 29.8 Å². The molecule has 0 fully saturated rings. The largest absolute Gasteiger partial charge is 0.461 e. The maximum Gasteiger partial charge on any atom is 0.302 e. The quantitative estimate of drug-likeness (QED) is 0.785. The molecule has 2 rings (SSSR count). The minimum absolute atomic E-state index is 0.194. The molecule has 0 aliphatic carbocycles.